The van der Waals surface area contributed by atoms with Crippen molar-refractivity contribution in [1.29, 1.82) is 0 Å². The number of ketones is 1. The molecular formula is C17H21N3O. The lowest BCUT2D eigenvalue weighted by molar-refractivity contribution is 0.104. The highest BCUT2D eigenvalue weighted by Gasteiger charge is 2.19. The Kier molecular flexibility index (Phi) is 4.58. The summed E-state index contributed by atoms with van der Waals surface area (Å²) in [5.41, 5.74) is 3.40. The van der Waals surface area contributed by atoms with Crippen molar-refractivity contribution in [3.8, 4) is 5.69 Å². The quantitative estimate of drug-likeness (QED) is 0.625. The topological polar surface area (TPSA) is 38.1 Å². The molecule has 0 spiro atoms. The normalized spacial score (nSPS) is 11.0. The molecule has 2 aromatic rings. The Morgan fingerprint density at radius 1 is 1.29 bits per heavy atom. The Hall–Kier alpha value is -2.36. The molecule has 1 aromatic carbocycles. The first-order chi connectivity index (χ1) is 10.0. The smallest absolute Gasteiger partial charge is 0.191 e. The molecule has 1 heterocycles. The second-order valence-corrected chi connectivity index (χ2v) is 5.15. The lowest BCUT2D eigenvalue weighted by atomic mass is 10.1. The number of nitrogens with zero attached hydrogens (tertiary/aromatic N) is 3. The molecule has 0 saturated carbocycles. The van der Waals surface area contributed by atoms with Crippen molar-refractivity contribution in [2.75, 3.05) is 14.1 Å². The van der Waals surface area contributed by atoms with Gasteiger partial charge in [-0.2, -0.15) is 5.10 Å². The number of hydrogen-bond donors (Lipinski definition) is 0. The number of aromatic nitrogens is 2. The summed E-state index contributed by atoms with van der Waals surface area (Å²) >= 11 is 0. The molecule has 0 aliphatic heterocycles. The fourth-order valence-electron chi connectivity index (χ4n) is 2.25. The van der Waals surface area contributed by atoms with Crippen LogP contribution < -0.4 is 0 Å². The van der Waals surface area contributed by atoms with Gasteiger partial charge in [0, 0.05) is 26.4 Å². The molecule has 0 fully saturated rings. The Labute approximate surface area is 125 Å². The monoisotopic (exact) mass is 283 g/mol. The van der Waals surface area contributed by atoms with Gasteiger partial charge in [-0.25, -0.2) is 4.68 Å². The van der Waals surface area contributed by atoms with Crippen molar-refractivity contribution in [1.82, 2.24) is 14.7 Å². The number of benzene rings is 1. The molecule has 2 rings (SSSR count). The molecule has 110 valence electrons. The van der Waals surface area contributed by atoms with Gasteiger partial charge < -0.3 is 4.90 Å². The van der Waals surface area contributed by atoms with Crippen LogP contribution in [0.3, 0.4) is 0 Å². The van der Waals surface area contributed by atoms with E-state index < -0.39 is 0 Å². The van der Waals surface area contributed by atoms with Crippen LogP contribution >= 0.6 is 0 Å². The van der Waals surface area contributed by atoms with E-state index in [9.17, 15) is 4.79 Å². The maximum atomic E-state index is 12.4. The lowest BCUT2D eigenvalue weighted by Crippen LogP contribution is -2.05. The summed E-state index contributed by atoms with van der Waals surface area (Å²) < 4.78 is 1.84. The van der Waals surface area contributed by atoms with Gasteiger partial charge in [0.15, 0.2) is 5.78 Å². The SMILES string of the molecule is CCc1nn(-c2ccccc2)c(C)c1C(=O)C=CN(C)C. The third-order valence-electron chi connectivity index (χ3n) is 3.29. The second-order valence-electron chi connectivity index (χ2n) is 5.15. The highest BCUT2D eigenvalue weighted by molar-refractivity contribution is 6.06. The van der Waals surface area contributed by atoms with E-state index in [0.29, 0.717) is 5.56 Å². The van der Waals surface area contributed by atoms with Gasteiger partial charge >= 0.3 is 0 Å². The predicted octanol–water partition coefficient (Wildman–Crippen LogP) is 3.00. The number of carbonyl (C=O) groups is 1. The molecule has 0 amide bonds. The van der Waals surface area contributed by atoms with Crippen molar-refractivity contribution in [2.24, 2.45) is 0 Å². The molecule has 0 atom stereocenters. The van der Waals surface area contributed by atoms with Crippen LogP contribution in [0.15, 0.2) is 42.6 Å². The Morgan fingerprint density at radius 3 is 2.52 bits per heavy atom. The third kappa shape index (κ3) is 3.21. The van der Waals surface area contributed by atoms with Crippen LogP contribution in [0.1, 0.15) is 28.7 Å². The van der Waals surface area contributed by atoms with E-state index in [4.69, 9.17) is 0 Å². The maximum Gasteiger partial charge on any atom is 0.191 e. The number of hydrogen-bond acceptors (Lipinski definition) is 3. The first kappa shape index (κ1) is 15.0. The summed E-state index contributed by atoms with van der Waals surface area (Å²) in [6, 6.07) is 9.88. The molecular weight excluding hydrogens is 262 g/mol. The summed E-state index contributed by atoms with van der Waals surface area (Å²) in [7, 11) is 3.79. The first-order valence-electron chi connectivity index (χ1n) is 7.07. The fourth-order valence-corrected chi connectivity index (χ4v) is 2.25. The van der Waals surface area contributed by atoms with E-state index in [0.717, 1.165) is 23.5 Å². The van der Waals surface area contributed by atoms with Gasteiger partial charge in [0.1, 0.15) is 0 Å². The zero-order valence-corrected chi connectivity index (χ0v) is 13.0. The van der Waals surface area contributed by atoms with E-state index in [-0.39, 0.29) is 5.78 Å². The van der Waals surface area contributed by atoms with Gasteiger partial charge in [0.05, 0.1) is 22.6 Å². The molecule has 4 nitrogen and oxygen atoms in total. The van der Waals surface area contributed by atoms with Crippen molar-refractivity contribution >= 4 is 5.78 Å². The van der Waals surface area contributed by atoms with Gasteiger partial charge in [-0.05, 0) is 25.5 Å². The van der Waals surface area contributed by atoms with Crippen LogP contribution in [0, 0.1) is 6.92 Å². The van der Waals surface area contributed by atoms with Gasteiger partial charge in [-0.1, -0.05) is 25.1 Å². The fraction of sp³-hybridized carbons (Fsp3) is 0.294. The molecule has 0 saturated heterocycles. The van der Waals surface area contributed by atoms with Crippen molar-refractivity contribution in [3.63, 3.8) is 0 Å². The van der Waals surface area contributed by atoms with Crippen molar-refractivity contribution < 1.29 is 4.79 Å². The van der Waals surface area contributed by atoms with Crippen LogP contribution in [0.25, 0.3) is 5.69 Å². The van der Waals surface area contributed by atoms with Gasteiger partial charge in [0.25, 0.3) is 0 Å². The number of aryl methyl sites for hydroxylation is 1. The minimum Gasteiger partial charge on any atom is -0.383 e. The number of rotatable bonds is 5. The molecule has 4 heteroatoms. The van der Waals surface area contributed by atoms with E-state index in [1.165, 1.54) is 0 Å². The van der Waals surface area contributed by atoms with Crippen molar-refractivity contribution in [2.45, 2.75) is 20.3 Å². The lowest BCUT2D eigenvalue weighted by Gasteiger charge is -2.05. The molecule has 0 bridgehead atoms. The molecule has 0 N–H and O–H groups in total. The predicted molar refractivity (Wildman–Crippen MR) is 84.8 cm³/mol. The molecule has 21 heavy (non-hydrogen) atoms. The summed E-state index contributed by atoms with van der Waals surface area (Å²) in [6.07, 6.45) is 4.09. The number of para-hydroxylation sites is 1. The second kappa shape index (κ2) is 6.39. The summed E-state index contributed by atoms with van der Waals surface area (Å²) in [5, 5.41) is 4.59. The van der Waals surface area contributed by atoms with Crippen LogP contribution in [0.2, 0.25) is 0 Å². The van der Waals surface area contributed by atoms with Crippen LogP contribution in [-0.4, -0.2) is 34.6 Å². The van der Waals surface area contributed by atoms with Crippen LogP contribution in [0.4, 0.5) is 0 Å². The van der Waals surface area contributed by atoms with Crippen LogP contribution in [-0.2, 0) is 6.42 Å². The van der Waals surface area contributed by atoms with Gasteiger partial charge in [-0.3, -0.25) is 4.79 Å². The zero-order valence-electron chi connectivity index (χ0n) is 13.0. The number of carbonyl (C=O) groups excluding carboxylic acids is 1. The highest BCUT2D eigenvalue weighted by Crippen LogP contribution is 2.19. The average molecular weight is 283 g/mol. The summed E-state index contributed by atoms with van der Waals surface area (Å²) in [4.78, 5) is 14.3. The summed E-state index contributed by atoms with van der Waals surface area (Å²) in [5.74, 6) is 0.000214. The van der Waals surface area contributed by atoms with Crippen LogP contribution in [0.5, 0.6) is 0 Å². The minimum atomic E-state index is 0.000214. The Bertz CT molecular complexity index is 654. The molecule has 1 aromatic heterocycles. The van der Waals surface area contributed by atoms with Crippen molar-refractivity contribution in [3.05, 3.63) is 59.6 Å². The average Bonchev–Trinajstić information content (AvgIpc) is 2.82. The summed E-state index contributed by atoms with van der Waals surface area (Å²) in [6.45, 7) is 3.96. The van der Waals surface area contributed by atoms with Gasteiger partial charge in [-0.15, -0.1) is 0 Å². The standard InChI is InChI=1S/C17H21N3O/c1-5-15-17(16(21)11-12-19(3)4)13(2)20(18-15)14-9-7-6-8-10-14/h6-12H,5H2,1-4H3. The maximum absolute atomic E-state index is 12.4. The highest BCUT2D eigenvalue weighted by atomic mass is 16.1. The molecule has 0 radical (unpaired) electrons. The van der Waals surface area contributed by atoms with E-state index in [2.05, 4.69) is 5.10 Å². The van der Waals surface area contributed by atoms with E-state index in [1.54, 1.807) is 12.3 Å². The zero-order chi connectivity index (χ0) is 15.4. The molecule has 0 unspecified atom stereocenters. The Morgan fingerprint density at radius 2 is 1.95 bits per heavy atom. The largest absolute Gasteiger partial charge is 0.383 e. The van der Waals surface area contributed by atoms with E-state index in [1.807, 2.05) is 67.9 Å². The number of allylic oxidation sites excluding steroid dienone is 1. The Balaban J connectivity index is 2.47. The first-order valence-corrected chi connectivity index (χ1v) is 7.07. The van der Waals surface area contributed by atoms with E-state index >= 15 is 0 Å². The molecule has 0 aliphatic carbocycles. The van der Waals surface area contributed by atoms with Gasteiger partial charge in [0.2, 0.25) is 0 Å². The minimum absolute atomic E-state index is 0.000214. The molecule has 0 aliphatic rings. The third-order valence-corrected chi connectivity index (χ3v) is 3.29.